The Morgan fingerprint density at radius 3 is 1.86 bits per heavy atom. The van der Waals surface area contributed by atoms with Crippen molar-refractivity contribution in [1.82, 2.24) is 19.1 Å². The number of hydrogen-bond donors (Lipinski definition) is 1. The maximum Gasteiger partial charge on any atom is 0.169 e. The van der Waals surface area contributed by atoms with Gasteiger partial charge >= 0.3 is 0 Å². The lowest BCUT2D eigenvalue weighted by molar-refractivity contribution is 0.470. The Labute approximate surface area is 375 Å². The predicted molar refractivity (Wildman–Crippen MR) is 266 cm³/mol. The number of hydrogen-bond acceptors (Lipinski definition) is 4. The molecule has 0 saturated carbocycles. The fourth-order valence-electron chi connectivity index (χ4n) is 10.3. The number of rotatable bonds is 6. The van der Waals surface area contributed by atoms with Crippen molar-refractivity contribution >= 4 is 60.4 Å². The molecule has 1 N–H and O–H groups in total. The van der Waals surface area contributed by atoms with E-state index < -0.39 is 0 Å². The van der Waals surface area contributed by atoms with E-state index in [1.807, 2.05) is 12.1 Å². The van der Waals surface area contributed by atoms with Crippen LogP contribution in [0.5, 0.6) is 5.75 Å². The summed E-state index contributed by atoms with van der Waals surface area (Å²) in [6.07, 6.45) is 12.4. The van der Waals surface area contributed by atoms with Crippen LogP contribution in [0.1, 0.15) is 24.1 Å². The molecule has 0 amide bonds. The number of nitrogens with zero attached hydrogens (tertiary/aromatic N) is 5. The van der Waals surface area contributed by atoms with Gasteiger partial charge in [-0.25, -0.2) is 9.97 Å². The second kappa shape index (κ2) is 14.7. The minimum atomic E-state index is -0.00790. The molecule has 65 heavy (non-hydrogen) atoms. The monoisotopic (exact) mass is 833 g/mol. The average Bonchev–Trinajstić information content (AvgIpc) is 3.92. The van der Waals surface area contributed by atoms with E-state index in [2.05, 4.69) is 214 Å². The minimum absolute atomic E-state index is 0.00790. The van der Waals surface area contributed by atoms with Gasteiger partial charge in [0.05, 0.1) is 33.7 Å². The van der Waals surface area contributed by atoms with Gasteiger partial charge in [-0.05, 0) is 96.9 Å². The van der Waals surface area contributed by atoms with Gasteiger partial charge in [0.25, 0.3) is 0 Å². The molecular weight excluding hydrogens is 795 g/mol. The Bertz CT molecular complexity index is 3800. The van der Waals surface area contributed by atoms with Crippen molar-refractivity contribution in [3.8, 4) is 51.6 Å². The molecule has 4 heterocycles. The summed E-state index contributed by atoms with van der Waals surface area (Å²) >= 11 is 0. The van der Waals surface area contributed by atoms with Crippen LogP contribution in [0.15, 0.2) is 206 Å². The standard InChI is InChI=1S/C59H39N5O/c65-58-56(38-17-7-8-22-43(35-38)64-50-27-13-9-23-44(50)45-24-10-14-28-51(45)64)60-59(40-32-34-55-49(37-40)47-26-12-16-30-53(47)63(55)42-20-5-2-6-21-42)61-57(58)39-31-33-54-48(36-39)46-25-11-15-29-52(46)62(54)41-18-3-1-4-19-41/h1-6,9-16,18-27,29-37,51,65H,8,28H2. The maximum atomic E-state index is 12.7. The van der Waals surface area contributed by atoms with Crippen molar-refractivity contribution in [2.45, 2.75) is 18.9 Å². The van der Waals surface area contributed by atoms with E-state index in [1.165, 1.54) is 11.1 Å². The first-order chi connectivity index (χ1) is 32.2. The zero-order valence-corrected chi connectivity index (χ0v) is 35.2. The molecule has 1 unspecified atom stereocenters. The first kappa shape index (κ1) is 36.9. The van der Waals surface area contributed by atoms with Gasteiger partial charge < -0.3 is 19.1 Å². The van der Waals surface area contributed by atoms with Crippen LogP contribution in [-0.2, 0) is 0 Å². The summed E-state index contributed by atoms with van der Waals surface area (Å²) in [7, 11) is 0. The van der Waals surface area contributed by atoms with Crippen molar-refractivity contribution in [2.24, 2.45) is 0 Å². The number of aromatic hydroxyl groups is 1. The Morgan fingerprint density at radius 2 is 1.15 bits per heavy atom. The van der Waals surface area contributed by atoms with E-state index in [1.54, 1.807) is 0 Å². The molecule has 1 aliphatic heterocycles. The minimum Gasteiger partial charge on any atom is -0.504 e. The van der Waals surface area contributed by atoms with Crippen molar-refractivity contribution in [1.29, 1.82) is 0 Å². The molecule has 3 aromatic heterocycles. The summed E-state index contributed by atoms with van der Waals surface area (Å²) in [6.45, 7) is 0. The van der Waals surface area contributed by atoms with Crippen LogP contribution < -0.4 is 4.90 Å². The topological polar surface area (TPSA) is 59.1 Å². The highest BCUT2D eigenvalue weighted by atomic mass is 16.3. The molecule has 0 spiro atoms. The van der Waals surface area contributed by atoms with Crippen molar-refractivity contribution in [3.63, 3.8) is 0 Å². The summed E-state index contributed by atoms with van der Waals surface area (Å²) in [5, 5.41) is 17.1. The Morgan fingerprint density at radius 1 is 0.569 bits per heavy atom. The molecule has 0 bridgehead atoms. The van der Waals surface area contributed by atoms with E-state index in [4.69, 9.17) is 9.97 Å². The summed E-state index contributed by atoms with van der Waals surface area (Å²) in [5.74, 6) is 7.33. The molecule has 6 heteroatoms. The lowest BCUT2D eigenvalue weighted by Crippen LogP contribution is -2.30. The van der Waals surface area contributed by atoms with Gasteiger partial charge in [-0.15, -0.1) is 0 Å². The number of benzene rings is 7. The fraction of sp³-hybridized carbons (Fsp3) is 0.0508. The SMILES string of the molecule is Oc1c(C2=CC(N3c4ccccc4C4=CC=CCC43)=CCC#C2)nc(-c2ccc3c(c2)c2ccccc2n3-c2ccccc2)nc1-c1ccc2c(c1)c1ccccc1n2-c1ccccc1. The highest BCUT2D eigenvalue weighted by Crippen LogP contribution is 2.47. The van der Waals surface area contributed by atoms with E-state index in [9.17, 15) is 5.11 Å². The van der Waals surface area contributed by atoms with E-state index in [0.29, 0.717) is 29.2 Å². The summed E-state index contributed by atoms with van der Waals surface area (Å²) in [5.41, 5.74) is 14.4. The largest absolute Gasteiger partial charge is 0.504 e. The molecule has 306 valence electrons. The second-order valence-electron chi connectivity index (χ2n) is 16.8. The Hall–Kier alpha value is -8.66. The highest BCUT2D eigenvalue weighted by molar-refractivity contribution is 6.12. The fourth-order valence-corrected chi connectivity index (χ4v) is 10.3. The van der Waals surface area contributed by atoms with Crippen LogP contribution in [-0.4, -0.2) is 30.3 Å². The molecule has 2 aliphatic carbocycles. The van der Waals surface area contributed by atoms with E-state index >= 15 is 0 Å². The summed E-state index contributed by atoms with van der Waals surface area (Å²) in [4.78, 5) is 13.0. The van der Waals surface area contributed by atoms with Gasteiger partial charge in [-0.3, -0.25) is 0 Å². The Balaban J connectivity index is 1.03. The van der Waals surface area contributed by atoms with Crippen LogP contribution in [0.4, 0.5) is 5.69 Å². The number of aromatic nitrogens is 4. The third kappa shape index (κ3) is 5.83. The molecule has 1 atom stereocenters. The molecule has 0 saturated heterocycles. The summed E-state index contributed by atoms with van der Waals surface area (Å²) < 4.78 is 4.61. The number of para-hydroxylation sites is 5. The van der Waals surface area contributed by atoms with E-state index in [0.717, 1.165) is 83.9 Å². The van der Waals surface area contributed by atoms with Crippen LogP contribution in [0.2, 0.25) is 0 Å². The third-order valence-electron chi connectivity index (χ3n) is 13.2. The predicted octanol–water partition coefficient (Wildman–Crippen LogP) is 13.6. The summed E-state index contributed by atoms with van der Waals surface area (Å²) in [6, 6.07) is 59.5. The van der Waals surface area contributed by atoms with Gasteiger partial charge in [0.1, 0.15) is 11.4 Å². The molecule has 0 radical (unpaired) electrons. The van der Waals surface area contributed by atoms with Gasteiger partial charge in [-0.2, -0.15) is 0 Å². The molecule has 0 fully saturated rings. The second-order valence-corrected chi connectivity index (χ2v) is 16.8. The normalized spacial score (nSPS) is 15.4. The zero-order chi connectivity index (χ0) is 43.0. The molecule has 6 nitrogen and oxygen atoms in total. The average molecular weight is 834 g/mol. The molecular formula is C59H39N5O. The van der Waals surface area contributed by atoms with Gasteiger partial charge in [0, 0.05) is 67.4 Å². The third-order valence-corrected chi connectivity index (χ3v) is 13.2. The van der Waals surface area contributed by atoms with E-state index in [-0.39, 0.29) is 11.8 Å². The molecule has 13 rings (SSSR count). The van der Waals surface area contributed by atoms with Crippen molar-refractivity contribution in [3.05, 3.63) is 217 Å². The number of allylic oxidation sites excluding steroid dienone is 5. The Kier molecular flexibility index (Phi) is 8.37. The molecule has 10 aromatic rings. The van der Waals surface area contributed by atoms with Gasteiger partial charge in [0.2, 0.25) is 0 Å². The quantitative estimate of drug-likeness (QED) is 0.170. The smallest absolute Gasteiger partial charge is 0.169 e. The highest BCUT2D eigenvalue weighted by Gasteiger charge is 2.35. The number of fused-ring (bicyclic) bond motifs is 9. The lowest BCUT2D eigenvalue weighted by Gasteiger charge is -2.29. The van der Waals surface area contributed by atoms with Crippen LogP contribution in [0.25, 0.3) is 88.8 Å². The number of anilines is 1. The molecule has 3 aliphatic rings. The first-order valence-electron chi connectivity index (χ1n) is 22.1. The van der Waals surface area contributed by atoms with Gasteiger partial charge in [0.15, 0.2) is 11.6 Å². The zero-order valence-electron chi connectivity index (χ0n) is 35.2. The van der Waals surface area contributed by atoms with Crippen molar-refractivity contribution in [2.75, 3.05) is 4.90 Å². The maximum absolute atomic E-state index is 12.7. The lowest BCUT2D eigenvalue weighted by atomic mass is 9.96. The van der Waals surface area contributed by atoms with Crippen molar-refractivity contribution < 1.29 is 5.11 Å². The molecule has 7 aromatic carbocycles. The van der Waals surface area contributed by atoms with Crippen LogP contribution in [0.3, 0.4) is 0 Å². The van der Waals surface area contributed by atoms with Crippen LogP contribution >= 0.6 is 0 Å². The van der Waals surface area contributed by atoms with Crippen LogP contribution in [0, 0.1) is 11.8 Å². The first-order valence-corrected chi connectivity index (χ1v) is 22.1. The van der Waals surface area contributed by atoms with Gasteiger partial charge in [-0.1, -0.05) is 127 Å².